The number of fused-ring (bicyclic) bond motifs is 10. The molecule has 282 valence electrons. The van der Waals surface area contributed by atoms with Gasteiger partial charge in [-0.05, 0) is 133 Å². The zero-order valence-corrected chi connectivity index (χ0v) is 35.2. The Bertz CT molecular complexity index is 3030. The van der Waals surface area contributed by atoms with Crippen molar-refractivity contribution in [2.24, 2.45) is 0 Å². The van der Waals surface area contributed by atoms with Gasteiger partial charge in [0.1, 0.15) is 0 Å². The molecule has 0 heterocycles. The molecule has 0 radical (unpaired) electrons. The van der Waals surface area contributed by atoms with Crippen molar-refractivity contribution in [3.8, 4) is 11.1 Å². The Morgan fingerprint density at radius 3 is 1.64 bits per heavy atom. The van der Waals surface area contributed by atoms with Crippen LogP contribution in [-0.4, -0.2) is 8.07 Å². The highest BCUT2D eigenvalue weighted by molar-refractivity contribution is 6.89. The van der Waals surface area contributed by atoms with Crippen molar-refractivity contribution < 1.29 is 0 Å². The van der Waals surface area contributed by atoms with E-state index in [9.17, 15) is 0 Å². The van der Waals surface area contributed by atoms with Gasteiger partial charge in [-0.2, -0.15) is 0 Å². The van der Waals surface area contributed by atoms with E-state index in [1.165, 1.54) is 88.1 Å². The van der Waals surface area contributed by atoms with Crippen LogP contribution < -0.4 is 15.0 Å². The lowest BCUT2D eigenvalue weighted by Crippen LogP contribution is -2.40. The van der Waals surface area contributed by atoms with Crippen LogP contribution in [0.2, 0.25) is 19.6 Å². The number of anilines is 6. The molecule has 9 aromatic rings. The highest BCUT2D eigenvalue weighted by Gasteiger charge is 2.40. The van der Waals surface area contributed by atoms with Crippen molar-refractivity contribution in [1.29, 1.82) is 0 Å². The van der Waals surface area contributed by atoms with Gasteiger partial charge in [-0.3, -0.25) is 0 Å². The third kappa shape index (κ3) is 5.68. The molecule has 0 fully saturated rings. The Kier molecular flexibility index (Phi) is 8.44. The Morgan fingerprint density at radius 2 is 0.966 bits per heavy atom. The summed E-state index contributed by atoms with van der Waals surface area (Å²) in [6.07, 6.45) is 0. The molecule has 0 aliphatic heterocycles. The standard InChI is InChI=1S/C55H48N2Si/c1-37-19-13-16-26-49(37)56(39-20-9-7-10-21-39)42-31-34-46-48(36-42)44-24-14-15-25-45(44)52-47-32-29-38-35-41(30-33-43(38)53(47)55(2,3)54(46)52)57(40-22-11-8-12-23-40)50-27-17-18-28-51(50)58(4,5)6/h7-36H,1-6H3. The highest BCUT2D eigenvalue weighted by atomic mass is 28.3. The summed E-state index contributed by atoms with van der Waals surface area (Å²) in [4.78, 5) is 4.87. The maximum Gasteiger partial charge on any atom is 0.0803 e. The topological polar surface area (TPSA) is 6.48 Å². The smallest absolute Gasteiger partial charge is 0.0803 e. The summed E-state index contributed by atoms with van der Waals surface area (Å²) < 4.78 is 0. The van der Waals surface area contributed by atoms with Gasteiger partial charge in [-0.25, -0.2) is 0 Å². The van der Waals surface area contributed by atoms with E-state index in [1.807, 2.05) is 0 Å². The fourth-order valence-electron chi connectivity index (χ4n) is 9.84. The molecule has 0 spiro atoms. The van der Waals surface area contributed by atoms with Crippen LogP contribution in [0.4, 0.5) is 34.1 Å². The van der Waals surface area contributed by atoms with E-state index in [-0.39, 0.29) is 5.41 Å². The van der Waals surface area contributed by atoms with Crippen molar-refractivity contribution in [2.45, 2.75) is 45.8 Å². The third-order valence-electron chi connectivity index (χ3n) is 12.4. The first kappa shape index (κ1) is 36.0. The van der Waals surface area contributed by atoms with Crippen LogP contribution in [0, 0.1) is 6.92 Å². The van der Waals surface area contributed by atoms with Gasteiger partial charge in [-0.15, -0.1) is 0 Å². The third-order valence-corrected chi connectivity index (χ3v) is 14.4. The molecule has 0 N–H and O–H groups in total. The maximum absolute atomic E-state index is 2.47. The fourth-order valence-corrected chi connectivity index (χ4v) is 11.4. The molecule has 0 saturated carbocycles. The molecule has 0 aromatic heterocycles. The number of hydrogen-bond acceptors (Lipinski definition) is 2. The predicted molar refractivity (Wildman–Crippen MR) is 254 cm³/mol. The normalized spacial score (nSPS) is 13.1. The second kappa shape index (κ2) is 13.6. The molecule has 10 rings (SSSR count). The molecule has 2 nitrogen and oxygen atoms in total. The minimum Gasteiger partial charge on any atom is -0.311 e. The first-order chi connectivity index (χ1) is 28.1. The van der Waals surface area contributed by atoms with Crippen LogP contribution in [0.25, 0.3) is 43.4 Å². The van der Waals surface area contributed by atoms with Crippen LogP contribution in [-0.2, 0) is 5.41 Å². The molecule has 0 unspecified atom stereocenters. The Labute approximate surface area is 343 Å². The number of benzene rings is 9. The molecule has 9 aromatic carbocycles. The average molecular weight is 765 g/mol. The van der Waals surface area contributed by atoms with Crippen LogP contribution in [0.3, 0.4) is 0 Å². The van der Waals surface area contributed by atoms with Gasteiger partial charge in [0.2, 0.25) is 0 Å². The Morgan fingerprint density at radius 1 is 0.414 bits per heavy atom. The summed E-state index contributed by atoms with van der Waals surface area (Å²) in [5.74, 6) is 0. The quantitative estimate of drug-likeness (QED) is 0.118. The van der Waals surface area contributed by atoms with Gasteiger partial charge >= 0.3 is 0 Å². The van der Waals surface area contributed by atoms with Gasteiger partial charge in [-0.1, -0.05) is 155 Å². The van der Waals surface area contributed by atoms with E-state index in [0.717, 1.165) is 11.4 Å². The molecule has 1 aliphatic rings. The van der Waals surface area contributed by atoms with Crippen molar-refractivity contribution in [2.75, 3.05) is 9.80 Å². The maximum atomic E-state index is 2.47. The van der Waals surface area contributed by atoms with E-state index < -0.39 is 8.07 Å². The summed E-state index contributed by atoms with van der Waals surface area (Å²) in [5, 5.41) is 9.23. The van der Waals surface area contributed by atoms with Crippen LogP contribution in [0.5, 0.6) is 0 Å². The summed E-state index contributed by atoms with van der Waals surface area (Å²) >= 11 is 0. The van der Waals surface area contributed by atoms with Gasteiger partial charge in [0, 0.05) is 39.5 Å². The SMILES string of the molecule is Cc1ccccc1N(c1ccccc1)c1ccc2c3c(c4ccccc4c2c1)-c1ccc2cc(N(c4ccccc4)c4ccccc4[Si](C)(C)C)ccc2c1C3(C)C. The summed E-state index contributed by atoms with van der Waals surface area (Å²) in [6.45, 7) is 14.4. The summed E-state index contributed by atoms with van der Waals surface area (Å²) in [5.41, 5.74) is 13.6. The van der Waals surface area contributed by atoms with E-state index in [2.05, 4.69) is 232 Å². The van der Waals surface area contributed by atoms with E-state index in [1.54, 1.807) is 0 Å². The van der Waals surface area contributed by atoms with Gasteiger partial charge in [0.25, 0.3) is 0 Å². The van der Waals surface area contributed by atoms with E-state index in [4.69, 9.17) is 0 Å². The lowest BCUT2D eigenvalue weighted by Gasteiger charge is -2.31. The lowest BCUT2D eigenvalue weighted by molar-refractivity contribution is 0.672. The molecule has 0 atom stereocenters. The second-order valence-electron chi connectivity index (χ2n) is 17.4. The molecule has 0 saturated heterocycles. The van der Waals surface area contributed by atoms with E-state index >= 15 is 0 Å². The van der Waals surface area contributed by atoms with Crippen molar-refractivity contribution >= 4 is 79.7 Å². The monoisotopic (exact) mass is 764 g/mol. The fraction of sp³-hybridized carbons (Fsp3) is 0.127. The second-order valence-corrected chi connectivity index (χ2v) is 22.5. The zero-order valence-electron chi connectivity index (χ0n) is 34.2. The Hall–Kier alpha value is -6.42. The van der Waals surface area contributed by atoms with Crippen molar-refractivity contribution in [3.63, 3.8) is 0 Å². The number of nitrogens with zero attached hydrogens (tertiary/aromatic N) is 2. The van der Waals surface area contributed by atoms with Gasteiger partial charge in [0.05, 0.1) is 8.07 Å². The molecule has 58 heavy (non-hydrogen) atoms. The Balaban J connectivity index is 1.17. The van der Waals surface area contributed by atoms with E-state index in [0.29, 0.717) is 0 Å². The molecular weight excluding hydrogens is 717 g/mol. The molecule has 0 bridgehead atoms. The first-order valence-electron chi connectivity index (χ1n) is 20.5. The van der Waals surface area contributed by atoms with Crippen LogP contribution in [0.15, 0.2) is 182 Å². The number of rotatable bonds is 7. The predicted octanol–water partition coefficient (Wildman–Crippen LogP) is 15.2. The first-order valence-corrected chi connectivity index (χ1v) is 24.0. The average Bonchev–Trinajstić information content (AvgIpc) is 3.49. The summed E-state index contributed by atoms with van der Waals surface area (Å²) in [7, 11) is -1.67. The van der Waals surface area contributed by atoms with Crippen LogP contribution in [0.1, 0.15) is 30.5 Å². The molecule has 1 aliphatic carbocycles. The van der Waals surface area contributed by atoms with Crippen molar-refractivity contribution in [3.05, 3.63) is 199 Å². The summed E-state index contributed by atoms with van der Waals surface area (Å²) in [6, 6.07) is 67.4. The molecule has 0 amide bonds. The molecule has 3 heteroatoms. The van der Waals surface area contributed by atoms with Gasteiger partial charge in [0.15, 0.2) is 0 Å². The number of aryl methyl sites for hydroxylation is 1. The van der Waals surface area contributed by atoms with Crippen molar-refractivity contribution in [1.82, 2.24) is 0 Å². The molecular formula is C55H48N2Si. The van der Waals surface area contributed by atoms with Gasteiger partial charge < -0.3 is 9.80 Å². The minimum atomic E-state index is -1.67. The van der Waals surface area contributed by atoms with Crippen LogP contribution >= 0.6 is 0 Å². The zero-order chi connectivity index (χ0) is 39.8. The minimum absolute atomic E-state index is 0.242. The lowest BCUT2D eigenvalue weighted by atomic mass is 9.77. The number of hydrogen-bond donors (Lipinski definition) is 0. The largest absolute Gasteiger partial charge is 0.311 e. The highest BCUT2D eigenvalue weighted by Crippen LogP contribution is 2.57. The number of para-hydroxylation sites is 4.